The van der Waals surface area contributed by atoms with Gasteiger partial charge in [0.15, 0.2) is 12.4 Å². The molecular weight excluding hydrogens is 370 g/mol. The molecule has 1 aromatic heterocycles. The number of halogens is 1. The zero-order valence-electron chi connectivity index (χ0n) is 11.6. The molecule has 0 saturated carbocycles. The summed E-state index contributed by atoms with van der Waals surface area (Å²) in [6.45, 7) is -0.400. The third kappa shape index (κ3) is 4.89. The minimum atomic E-state index is -0.755. The average Bonchev–Trinajstić information content (AvgIpc) is 3.00. The van der Waals surface area contributed by atoms with Crippen LogP contribution in [0.25, 0.3) is 6.08 Å². The molecule has 0 aliphatic heterocycles. The number of rotatable bonds is 6. The van der Waals surface area contributed by atoms with E-state index in [1.54, 1.807) is 24.3 Å². The van der Waals surface area contributed by atoms with Crippen LogP contribution in [-0.4, -0.2) is 23.3 Å². The van der Waals surface area contributed by atoms with Crippen molar-refractivity contribution in [3.8, 4) is 0 Å². The highest BCUT2D eigenvalue weighted by atomic mass is 79.9. The van der Waals surface area contributed by atoms with E-state index in [-0.39, 0.29) is 11.5 Å². The lowest BCUT2D eigenvalue weighted by molar-refractivity contribution is -0.402. The molecule has 0 amide bonds. The van der Waals surface area contributed by atoms with Gasteiger partial charge in [0.25, 0.3) is 0 Å². The first-order valence-electron chi connectivity index (χ1n) is 6.33. The summed E-state index contributed by atoms with van der Waals surface area (Å²) in [4.78, 5) is 33.1. The number of benzene rings is 1. The normalized spacial score (nSPS) is 10.7. The Labute approximate surface area is 138 Å². The van der Waals surface area contributed by atoms with Crippen LogP contribution in [0.2, 0.25) is 0 Å². The Morgan fingerprint density at radius 3 is 2.52 bits per heavy atom. The summed E-state index contributed by atoms with van der Waals surface area (Å²) in [6, 6.07) is 9.14. The van der Waals surface area contributed by atoms with Gasteiger partial charge < -0.3 is 9.15 Å². The highest BCUT2D eigenvalue weighted by molar-refractivity contribution is 9.10. The second-order valence-corrected chi connectivity index (χ2v) is 5.22. The van der Waals surface area contributed by atoms with E-state index in [9.17, 15) is 19.7 Å². The smallest absolute Gasteiger partial charge is 0.433 e. The van der Waals surface area contributed by atoms with E-state index in [0.717, 1.165) is 10.5 Å². The second-order valence-electron chi connectivity index (χ2n) is 4.30. The minimum absolute atomic E-state index is 0.132. The largest absolute Gasteiger partial charge is 0.454 e. The van der Waals surface area contributed by atoms with Gasteiger partial charge >= 0.3 is 11.9 Å². The van der Waals surface area contributed by atoms with Crippen LogP contribution in [0.4, 0.5) is 5.88 Å². The van der Waals surface area contributed by atoms with E-state index in [2.05, 4.69) is 15.9 Å². The van der Waals surface area contributed by atoms with Gasteiger partial charge in [0.05, 0.1) is 6.07 Å². The van der Waals surface area contributed by atoms with Crippen LogP contribution in [0.1, 0.15) is 16.1 Å². The molecule has 7 nitrogen and oxygen atoms in total. The molecule has 0 aliphatic rings. The predicted molar refractivity (Wildman–Crippen MR) is 83.8 cm³/mol. The molecule has 0 fully saturated rings. The van der Waals surface area contributed by atoms with E-state index in [4.69, 9.17) is 9.15 Å². The number of carbonyl (C=O) groups is 2. The summed E-state index contributed by atoms with van der Waals surface area (Å²) in [7, 11) is 0. The molecule has 0 radical (unpaired) electrons. The molecule has 2 rings (SSSR count). The Morgan fingerprint density at radius 1 is 1.22 bits per heavy atom. The molecular formula is C15H10BrNO6. The number of ether oxygens (including phenoxy) is 1. The molecule has 0 N–H and O–H groups in total. The van der Waals surface area contributed by atoms with Crippen molar-refractivity contribution >= 4 is 39.6 Å². The summed E-state index contributed by atoms with van der Waals surface area (Å²) >= 11 is 3.25. The maximum atomic E-state index is 11.8. The third-order valence-corrected chi connectivity index (χ3v) is 3.22. The van der Waals surface area contributed by atoms with Crippen LogP contribution in [0, 0.1) is 10.1 Å². The SMILES string of the molecule is O=C(/C=C/c1ccc([N+](=O)[O-])o1)OCC(=O)c1ccc(Br)cc1. The molecule has 23 heavy (non-hydrogen) atoms. The minimum Gasteiger partial charge on any atom is -0.454 e. The summed E-state index contributed by atoms with van der Waals surface area (Å²) in [5, 5.41) is 10.4. The lowest BCUT2D eigenvalue weighted by atomic mass is 10.1. The zero-order valence-corrected chi connectivity index (χ0v) is 13.2. The standard InChI is InChI=1S/C15H10BrNO6/c16-11-3-1-10(2-4-11)13(18)9-22-15(19)8-6-12-5-7-14(23-12)17(20)21/h1-8H,9H2/b8-6+. The fourth-order valence-corrected chi connectivity index (χ4v) is 1.85. The van der Waals surface area contributed by atoms with Crippen LogP contribution in [0.3, 0.4) is 0 Å². The number of nitro groups is 1. The van der Waals surface area contributed by atoms with Gasteiger partial charge in [-0.1, -0.05) is 28.1 Å². The average molecular weight is 380 g/mol. The lowest BCUT2D eigenvalue weighted by Gasteiger charge is -2.01. The molecule has 1 heterocycles. The van der Waals surface area contributed by atoms with E-state index in [1.165, 1.54) is 18.2 Å². The number of nitrogens with zero attached hydrogens (tertiary/aromatic N) is 1. The van der Waals surface area contributed by atoms with Crippen molar-refractivity contribution in [2.75, 3.05) is 6.61 Å². The maximum absolute atomic E-state index is 11.8. The van der Waals surface area contributed by atoms with Crippen LogP contribution in [-0.2, 0) is 9.53 Å². The van der Waals surface area contributed by atoms with E-state index < -0.39 is 23.4 Å². The quantitative estimate of drug-likeness (QED) is 0.250. The molecule has 0 atom stereocenters. The Bertz CT molecular complexity index is 763. The molecule has 1 aromatic carbocycles. The van der Waals surface area contributed by atoms with E-state index in [0.29, 0.717) is 5.56 Å². The first-order valence-corrected chi connectivity index (χ1v) is 7.13. The van der Waals surface area contributed by atoms with Crippen molar-refractivity contribution in [1.82, 2.24) is 0 Å². The fourth-order valence-electron chi connectivity index (χ4n) is 1.58. The molecule has 8 heteroatoms. The van der Waals surface area contributed by atoms with Crippen LogP contribution < -0.4 is 0 Å². The number of carbonyl (C=O) groups excluding carboxylic acids is 2. The Morgan fingerprint density at radius 2 is 1.91 bits per heavy atom. The van der Waals surface area contributed by atoms with Crippen molar-refractivity contribution in [2.45, 2.75) is 0 Å². The van der Waals surface area contributed by atoms with Crippen LogP contribution in [0.5, 0.6) is 0 Å². The van der Waals surface area contributed by atoms with Gasteiger partial charge in [0.1, 0.15) is 10.7 Å². The first-order chi connectivity index (χ1) is 11.0. The van der Waals surface area contributed by atoms with Gasteiger partial charge in [0.2, 0.25) is 0 Å². The third-order valence-electron chi connectivity index (χ3n) is 2.69. The monoisotopic (exact) mass is 379 g/mol. The first kappa shape index (κ1) is 16.6. The number of Topliss-reactive ketones (excluding diaryl/α,β-unsaturated/α-hetero) is 1. The van der Waals surface area contributed by atoms with Gasteiger partial charge in [0, 0.05) is 16.1 Å². The lowest BCUT2D eigenvalue weighted by Crippen LogP contribution is -2.12. The van der Waals surface area contributed by atoms with Gasteiger partial charge in [-0.15, -0.1) is 0 Å². The number of hydrogen-bond donors (Lipinski definition) is 0. The zero-order chi connectivity index (χ0) is 16.8. The fraction of sp³-hybridized carbons (Fsp3) is 0.0667. The van der Waals surface area contributed by atoms with Gasteiger partial charge in [-0.25, -0.2) is 4.79 Å². The van der Waals surface area contributed by atoms with Crippen LogP contribution in [0.15, 0.2) is 51.4 Å². The molecule has 0 saturated heterocycles. The highest BCUT2D eigenvalue weighted by Gasteiger charge is 2.11. The molecule has 0 bridgehead atoms. The summed E-state index contributed by atoms with van der Waals surface area (Å²) in [5.41, 5.74) is 0.423. The Balaban J connectivity index is 1.86. The number of hydrogen-bond acceptors (Lipinski definition) is 6. The molecule has 0 aliphatic carbocycles. The summed E-state index contributed by atoms with van der Waals surface area (Å²) < 4.78 is 10.5. The predicted octanol–water partition coefficient (Wildman–Crippen LogP) is 3.39. The van der Waals surface area contributed by atoms with Crippen LogP contribution >= 0.6 is 15.9 Å². The van der Waals surface area contributed by atoms with E-state index in [1.807, 2.05) is 0 Å². The van der Waals surface area contributed by atoms with Crippen molar-refractivity contribution < 1.29 is 23.7 Å². The van der Waals surface area contributed by atoms with Gasteiger partial charge in [-0.05, 0) is 24.3 Å². The number of ketones is 1. The van der Waals surface area contributed by atoms with Crippen molar-refractivity contribution in [2.24, 2.45) is 0 Å². The molecule has 0 spiro atoms. The van der Waals surface area contributed by atoms with Crippen molar-refractivity contribution in [3.05, 3.63) is 68.4 Å². The topological polar surface area (TPSA) is 99.7 Å². The van der Waals surface area contributed by atoms with Crippen molar-refractivity contribution in [3.63, 3.8) is 0 Å². The van der Waals surface area contributed by atoms with Gasteiger partial charge in [-0.2, -0.15) is 0 Å². The Kier molecular flexibility index (Phi) is 5.42. The number of esters is 1. The number of furan rings is 1. The van der Waals surface area contributed by atoms with E-state index >= 15 is 0 Å². The molecule has 0 unspecified atom stereocenters. The maximum Gasteiger partial charge on any atom is 0.433 e. The van der Waals surface area contributed by atoms with Crippen molar-refractivity contribution in [1.29, 1.82) is 0 Å². The Hall–Kier alpha value is -2.74. The molecule has 2 aromatic rings. The van der Waals surface area contributed by atoms with Gasteiger partial charge in [-0.3, -0.25) is 14.9 Å². The summed E-state index contributed by atoms with van der Waals surface area (Å²) in [6.07, 6.45) is 2.25. The summed E-state index contributed by atoms with van der Waals surface area (Å²) in [5.74, 6) is -1.39. The molecule has 118 valence electrons. The highest BCUT2D eigenvalue weighted by Crippen LogP contribution is 2.16. The second kappa shape index (κ2) is 7.50.